The van der Waals surface area contributed by atoms with E-state index in [1.54, 1.807) is 12.1 Å². The zero-order valence-electron chi connectivity index (χ0n) is 7.58. The number of benzene rings is 1. The lowest BCUT2D eigenvalue weighted by Crippen LogP contribution is -2.14. The molecular formula is C10H7BrFNO2. The monoisotopic (exact) mass is 271 g/mol. The summed E-state index contributed by atoms with van der Waals surface area (Å²) in [6.45, 7) is 0. The molecule has 1 aromatic rings. The molecule has 0 saturated carbocycles. The molecule has 0 bridgehead atoms. The highest BCUT2D eigenvalue weighted by atomic mass is 79.9. The van der Waals surface area contributed by atoms with Gasteiger partial charge in [0.25, 0.3) is 0 Å². The average Bonchev–Trinajstić information content (AvgIpc) is 2.16. The molecule has 0 aliphatic rings. The molecular weight excluding hydrogens is 265 g/mol. The molecule has 1 aromatic carbocycles. The maximum absolute atomic E-state index is 13.3. The van der Waals surface area contributed by atoms with Crippen LogP contribution in [0.3, 0.4) is 0 Å². The van der Waals surface area contributed by atoms with E-state index in [0.29, 0.717) is 4.47 Å². The predicted octanol–water partition coefficient (Wildman–Crippen LogP) is 2.36. The minimum Gasteiger partial charge on any atom is -0.480 e. The lowest BCUT2D eigenvalue weighted by atomic mass is 10.0. The molecule has 0 radical (unpaired) electrons. The molecule has 0 heterocycles. The molecule has 5 heteroatoms. The van der Waals surface area contributed by atoms with Gasteiger partial charge in [-0.05, 0) is 17.7 Å². The van der Waals surface area contributed by atoms with Crippen molar-refractivity contribution in [3.63, 3.8) is 0 Å². The first-order valence-corrected chi connectivity index (χ1v) is 4.90. The highest BCUT2D eigenvalue weighted by molar-refractivity contribution is 9.10. The Balaban J connectivity index is 2.90. The van der Waals surface area contributed by atoms with Gasteiger partial charge in [0.1, 0.15) is 11.7 Å². The number of carboxylic acids is 1. The van der Waals surface area contributed by atoms with E-state index >= 15 is 0 Å². The maximum atomic E-state index is 13.3. The van der Waals surface area contributed by atoms with Crippen LogP contribution >= 0.6 is 15.9 Å². The summed E-state index contributed by atoms with van der Waals surface area (Å²) in [6.07, 6.45) is -0.120. The Morgan fingerprint density at radius 1 is 1.67 bits per heavy atom. The number of carbonyl (C=O) groups is 1. The van der Waals surface area contributed by atoms with Crippen molar-refractivity contribution in [1.82, 2.24) is 0 Å². The molecule has 0 aliphatic carbocycles. The Labute approximate surface area is 94.3 Å². The second-order valence-electron chi connectivity index (χ2n) is 2.96. The maximum Gasteiger partial charge on any atom is 0.321 e. The fourth-order valence-electron chi connectivity index (χ4n) is 1.10. The second kappa shape index (κ2) is 4.89. The van der Waals surface area contributed by atoms with E-state index < -0.39 is 17.7 Å². The van der Waals surface area contributed by atoms with Crippen molar-refractivity contribution in [2.45, 2.75) is 6.42 Å². The molecule has 15 heavy (non-hydrogen) atoms. The molecule has 0 saturated heterocycles. The smallest absolute Gasteiger partial charge is 0.321 e. The van der Waals surface area contributed by atoms with Crippen molar-refractivity contribution in [1.29, 1.82) is 5.26 Å². The third-order valence-electron chi connectivity index (χ3n) is 1.89. The first kappa shape index (κ1) is 11.7. The van der Waals surface area contributed by atoms with Gasteiger partial charge in [-0.2, -0.15) is 5.26 Å². The number of rotatable bonds is 3. The van der Waals surface area contributed by atoms with Crippen LogP contribution in [0.2, 0.25) is 0 Å². The summed E-state index contributed by atoms with van der Waals surface area (Å²) in [7, 11) is 0. The molecule has 0 amide bonds. The van der Waals surface area contributed by atoms with Gasteiger partial charge in [-0.15, -0.1) is 0 Å². The summed E-state index contributed by atoms with van der Waals surface area (Å²) in [6, 6.07) is 5.93. The molecule has 1 N–H and O–H groups in total. The van der Waals surface area contributed by atoms with Gasteiger partial charge in [0, 0.05) is 10.9 Å². The fraction of sp³-hybridized carbons (Fsp3) is 0.200. The molecule has 78 valence electrons. The van der Waals surface area contributed by atoms with E-state index in [9.17, 15) is 9.18 Å². The minimum absolute atomic E-state index is 0.120. The number of aliphatic carboxylic acids is 1. The lowest BCUT2D eigenvalue weighted by Gasteiger charge is -2.05. The normalized spacial score (nSPS) is 11.8. The van der Waals surface area contributed by atoms with Crippen molar-refractivity contribution in [3.8, 4) is 6.07 Å². The summed E-state index contributed by atoms with van der Waals surface area (Å²) in [5.74, 6) is -2.95. The average molecular weight is 272 g/mol. The van der Waals surface area contributed by atoms with Crippen LogP contribution in [0.15, 0.2) is 22.7 Å². The Hall–Kier alpha value is -1.41. The lowest BCUT2D eigenvalue weighted by molar-refractivity contribution is -0.139. The predicted molar refractivity (Wildman–Crippen MR) is 54.5 cm³/mol. The van der Waals surface area contributed by atoms with Gasteiger partial charge in [0.2, 0.25) is 0 Å². The van der Waals surface area contributed by atoms with Crippen LogP contribution in [0.5, 0.6) is 0 Å². The van der Waals surface area contributed by atoms with Gasteiger partial charge in [-0.3, -0.25) is 4.79 Å². The van der Waals surface area contributed by atoms with Crippen molar-refractivity contribution in [2.24, 2.45) is 5.92 Å². The number of nitriles is 1. The van der Waals surface area contributed by atoms with E-state index in [1.807, 2.05) is 0 Å². The third-order valence-corrected chi connectivity index (χ3v) is 2.39. The molecule has 0 aliphatic heterocycles. The third kappa shape index (κ3) is 3.03. The van der Waals surface area contributed by atoms with Crippen LogP contribution in [0.1, 0.15) is 5.56 Å². The number of hydrogen-bond donors (Lipinski definition) is 1. The van der Waals surface area contributed by atoms with Crippen LogP contribution in [0.25, 0.3) is 0 Å². The van der Waals surface area contributed by atoms with Crippen molar-refractivity contribution in [2.75, 3.05) is 0 Å². The van der Waals surface area contributed by atoms with Crippen LogP contribution in [-0.4, -0.2) is 11.1 Å². The fourth-order valence-corrected chi connectivity index (χ4v) is 1.43. The van der Waals surface area contributed by atoms with Crippen molar-refractivity contribution >= 4 is 21.9 Å². The van der Waals surface area contributed by atoms with Crippen LogP contribution in [0, 0.1) is 23.1 Å². The van der Waals surface area contributed by atoms with Crippen molar-refractivity contribution < 1.29 is 14.3 Å². The summed E-state index contributed by atoms with van der Waals surface area (Å²) in [4.78, 5) is 10.6. The molecule has 1 atom stereocenters. The van der Waals surface area contributed by atoms with Gasteiger partial charge in [0.05, 0.1) is 6.07 Å². The van der Waals surface area contributed by atoms with Crippen molar-refractivity contribution in [3.05, 3.63) is 34.1 Å². The van der Waals surface area contributed by atoms with Gasteiger partial charge in [-0.25, -0.2) is 4.39 Å². The second-order valence-corrected chi connectivity index (χ2v) is 3.88. The molecule has 0 spiro atoms. The Morgan fingerprint density at radius 2 is 2.33 bits per heavy atom. The van der Waals surface area contributed by atoms with E-state index in [4.69, 9.17) is 10.4 Å². The largest absolute Gasteiger partial charge is 0.480 e. The Bertz CT molecular complexity index is 428. The number of nitrogens with zero attached hydrogens (tertiary/aromatic N) is 1. The van der Waals surface area contributed by atoms with E-state index in [2.05, 4.69) is 15.9 Å². The van der Waals surface area contributed by atoms with Crippen LogP contribution < -0.4 is 0 Å². The summed E-state index contributed by atoms with van der Waals surface area (Å²) in [5.41, 5.74) is 0.229. The zero-order chi connectivity index (χ0) is 11.4. The standard InChI is InChI=1S/C10H7BrFNO2/c11-8-2-1-6(9(12)4-8)3-7(5-13)10(14)15/h1-2,4,7H,3H2,(H,14,15)/t7-/m0/s1. The summed E-state index contributed by atoms with van der Waals surface area (Å²) in [5, 5.41) is 17.2. The zero-order valence-corrected chi connectivity index (χ0v) is 9.16. The highest BCUT2D eigenvalue weighted by Gasteiger charge is 2.18. The highest BCUT2D eigenvalue weighted by Crippen LogP contribution is 2.18. The van der Waals surface area contributed by atoms with E-state index in [0.717, 1.165) is 0 Å². The van der Waals surface area contributed by atoms with Gasteiger partial charge < -0.3 is 5.11 Å². The van der Waals surface area contributed by atoms with Crippen LogP contribution in [0.4, 0.5) is 4.39 Å². The molecule has 0 unspecified atom stereocenters. The Morgan fingerprint density at radius 3 is 2.80 bits per heavy atom. The van der Waals surface area contributed by atoms with Crippen LogP contribution in [-0.2, 0) is 11.2 Å². The SMILES string of the molecule is N#C[C@H](Cc1ccc(Br)cc1F)C(=O)O. The number of hydrogen-bond acceptors (Lipinski definition) is 2. The molecule has 0 fully saturated rings. The quantitative estimate of drug-likeness (QED) is 0.918. The first-order valence-electron chi connectivity index (χ1n) is 4.11. The number of carboxylic acid groups (broad SMARTS) is 1. The van der Waals surface area contributed by atoms with Gasteiger partial charge >= 0.3 is 5.97 Å². The van der Waals surface area contributed by atoms with Gasteiger partial charge in [-0.1, -0.05) is 22.0 Å². The molecule has 1 rings (SSSR count). The van der Waals surface area contributed by atoms with Gasteiger partial charge in [0.15, 0.2) is 0 Å². The topological polar surface area (TPSA) is 61.1 Å². The van der Waals surface area contributed by atoms with E-state index in [1.165, 1.54) is 12.1 Å². The number of halogens is 2. The Kier molecular flexibility index (Phi) is 3.81. The first-order chi connectivity index (χ1) is 7.04. The summed E-state index contributed by atoms with van der Waals surface area (Å²) >= 11 is 3.09. The van der Waals surface area contributed by atoms with E-state index in [-0.39, 0.29) is 12.0 Å². The summed E-state index contributed by atoms with van der Waals surface area (Å²) < 4.78 is 13.9. The molecule has 3 nitrogen and oxygen atoms in total. The minimum atomic E-state index is -1.24. The molecule has 0 aromatic heterocycles.